The van der Waals surface area contributed by atoms with Crippen LogP contribution in [0.2, 0.25) is 0 Å². The highest BCUT2D eigenvalue weighted by molar-refractivity contribution is 5.69. The molecule has 27 heavy (non-hydrogen) atoms. The number of carbonyl (C=O) groups excluding carboxylic acids is 1. The van der Waals surface area contributed by atoms with Crippen LogP contribution in [0.25, 0.3) is 0 Å². The van der Waals surface area contributed by atoms with Gasteiger partial charge in [0.05, 0.1) is 12.1 Å². The normalized spacial score (nSPS) is 20.5. The summed E-state index contributed by atoms with van der Waals surface area (Å²) in [6.45, 7) is 2.27. The molecule has 1 unspecified atom stereocenters. The Kier molecular flexibility index (Phi) is 6.45. The van der Waals surface area contributed by atoms with Crippen LogP contribution >= 0.6 is 0 Å². The molecule has 3 atom stereocenters. The zero-order valence-corrected chi connectivity index (χ0v) is 15.6. The Morgan fingerprint density at radius 1 is 1.22 bits per heavy atom. The zero-order valence-electron chi connectivity index (χ0n) is 15.6. The highest BCUT2D eigenvalue weighted by atomic mass is 19.1. The molecule has 0 saturated carbocycles. The van der Waals surface area contributed by atoms with E-state index in [4.69, 9.17) is 4.74 Å². The molecule has 2 aromatic carbocycles. The second kappa shape index (κ2) is 9.00. The van der Waals surface area contributed by atoms with E-state index in [1.165, 1.54) is 12.1 Å². The van der Waals surface area contributed by atoms with Crippen LogP contribution in [0.1, 0.15) is 49.8 Å². The van der Waals surface area contributed by atoms with E-state index in [0.29, 0.717) is 12.0 Å². The van der Waals surface area contributed by atoms with Crippen molar-refractivity contribution < 1.29 is 19.0 Å². The lowest BCUT2D eigenvalue weighted by molar-refractivity contribution is 0.0332. The quantitative estimate of drug-likeness (QED) is 0.791. The Labute approximate surface area is 159 Å². The van der Waals surface area contributed by atoms with Crippen LogP contribution in [-0.4, -0.2) is 28.2 Å². The smallest absolute Gasteiger partial charge is 0.410 e. The fourth-order valence-corrected chi connectivity index (χ4v) is 3.83. The van der Waals surface area contributed by atoms with Crippen molar-refractivity contribution in [2.24, 2.45) is 0 Å². The molecule has 0 bridgehead atoms. The molecule has 1 heterocycles. The summed E-state index contributed by atoms with van der Waals surface area (Å²) in [6.07, 6.45) is 1.92. The van der Waals surface area contributed by atoms with E-state index < -0.39 is 24.1 Å². The number of aliphatic hydroxyl groups is 1. The average molecular weight is 371 g/mol. The average Bonchev–Trinajstić information content (AvgIpc) is 3.10. The SMILES string of the molecule is CCC[C@@H]1CC[C@@H](C(O)c2cccc(F)c2)N1C(=O)OCc1ccccc1. The zero-order chi connectivity index (χ0) is 19.2. The fraction of sp³-hybridized carbons (Fsp3) is 0.409. The molecular weight excluding hydrogens is 345 g/mol. The number of hydrogen-bond acceptors (Lipinski definition) is 3. The van der Waals surface area contributed by atoms with Crippen LogP contribution in [0.5, 0.6) is 0 Å². The third-order valence-electron chi connectivity index (χ3n) is 5.14. The number of benzene rings is 2. The van der Waals surface area contributed by atoms with E-state index in [9.17, 15) is 14.3 Å². The van der Waals surface area contributed by atoms with Gasteiger partial charge in [0.2, 0.25) is 0 Å². The van der Waals surface area contributed by atoms with Crippen molar-refractivity contribution >= 4 is 6.09 Å². The van der Waals surface area contributed by atoms with Gasteiger partial charge in [-0.25, -0.2) is 9.18 Å². The molecule has 0 radical (unpaired) electrons. The van der Waals surface area contributed by atoms with Gasteiger partial charge in [0, 0.05) is 6.04 Å². The molecule has 4 nitrogen and oxygen atoms in total. The van der Waals surface area contributed by atoms with E-state index in [0.717, 1.165) is 24.8 Å². The molecule has 144 valence electrons. The molecular formula is C22H26FNO3. The Balaban J connectivity index is 1.75. The number of hydrogen-bond donors (Lipinski definition) is 1. The lowest BCUT2D eigenvalue weighted by Crippen LogP contribution is -2.44. The minimum absolute atomic E-state index is 0.0338. The van der Waals surface area contributed by atoms with E-state index in [1.54, 1.807) is 17.0 Å². The summed E-state index contributed by atoms with van der Waals surface area (Å²) in [7, 11) is 0. The second-order valence-electron chi connectivity index (χ2n) is 7.03. The van der Waals surface area contributed by atoms with Crippen LogP contribution in [-0.2, 0) is 11.3 Å². The van der Waals surface area contributed by atoms with Crippen molar-refractivity contribution in [3.05, 3.63) is 71.5 Å². The second-order valence-corrected chi connectivity index (χ2v) is 7.03. The molecule has 1 N–H and O–H groups in total. The van der Waals surface area contributed by atoms with Crippen LogP contribution < -0.4 is 0 Å². The molecule has 0 aromatic heterocycles. The molecule has 3 rings (SSSR count). The van der Waals surface area contributed by atoms with Gasteiger partial charge in [0.15, 0.2) is 0 Å². The number of halogens is 1. The number of nitrogens with zero attached hydrogens (tertiary/aromatic N) is 1. The summed E-state index contributed by atoms with van der Waals surface area (Å²) in [6, 6.07) is 15.1. The summed E-state index contributed by atoms with van der Waals surface area (Å²) in [5, 5.41) is 10.8. The van der Waals surface area contributed by atoms with Gasteiger partial charge in [0.25, 0.3) is 0 Å². The van der Waals surface area contributed by atoms with Crippen LogP contribution in [0.4, 0.5) is 9.18 Å². The lowest BCUT2D eigenvalue weighted by Gasteiger charge is -2.32. The minimum atomic E-state index is -0.938. The van der Waals surface area contributed by atoms with Gasteiger partial charge in [-0.2, -0.15) is 0 Å². The molecule has 1 amide bonds. The summed E-state index contributed by atoms with van der Waals surface area (Å²) in [4.78, 5) is 14.5. The van der Waals surface area contributed by atoms with Gasteiger partial charge in [-0.15, -0.1) is 0 Å². The third-order valence-corrected chi connectivity index (χ3v) is 5.14. The Morgan fingerprint density at radius 2 is 2.00 bits per heavy atom. The number of rotatable bonds is 6. The van der Waals surface area contributed by atoms with Gasteiger partial charge in [-0.05, 0) is 42.5 Å². The first-order valence-electron chi connectivity index (χ1n) is 9.52. The predicted octanol–water partition coefficient (Wildman–Crippen LogP) is 4.83. The van der Waals surface area contributed by atoms with E-state index >= 15 is 0 Å². The monoisotopic (exact) mass is 371 g/mol. The minimum Gasteiger partial charge on any atom is -0.445 e. The van der Waals surface area contributed by atoms with Crippen molar-refractivity contribution in [1.29, 1.82) is 0 Å². The summed E-state index contributed by atoms with van der Waals surface area (Å²) >= 11 is 0. The molecule has 5 heteroatoms. The molecule has 0 spiro atoms. The number of ether oxygens (including phenoxy) is 1. The maximum absolute atomic E-state index is 13.6. The van der Waals surface area contributed by atoms with Gasteiger partial charge in [0.1, 0.15) is 12.4 Å². The highest BCUT2D eigenvalue weighted by Crippen LogP contribution is 2.35. The lowest BCUT2D eigenvalue weighted by atomic mass is 10.0. The largest absolute Gasteiger partial charge is 0.445 e. The number of amides is 1. The predicted molar refractivity (Wildman–Crippen MR) is 102 cm³/mol. The Hall–Kier alpha value is -2.40. The van der Waals surface area contributed by atoms with E-state index in [-0.39, 0.29) is 12.6 Å². The summed E-state index contributed by atoms with van der Waals surface area (Å²) in [5.41, 5.74) is 1.40. The molecule has 2 aromatic rings. The Morgan fingerprint density at radius 3 is 2.70 bits per heavy atom. The van der Waals surface area contributed by atoms with Gasteiger partial charge in [-0.3, -0.25) is 4.90 Å². The summed E-state index contributed by atoms with van der Waals surface area (Å²) in [5.74, 6) is -0.396. The summed E-state index contributed by atoms with van der Waals surface area (Å²) < 4.78 is 19.1. The third kappa shape index (κ3) is 4.66. The molecule has 1 aliphatic rings. The maximum Gasteiger partial charge on any atom is 0.410 e. The Bertz CT molecular complexity index is 752. The molecule has 0 aliphatic carbocycles. The highest BCUT2D eigenvalue weighted by Gasteiger charge is 2.41. The van der Waals surface area contributed by atoms with E-state index in [1.807, 2.05) is 30.3 Å². The first-order chi connectivity index (χ1) is 13.1. The van der Waals surface area contributed by atoms with Crippen molar-refractivity contribution in [1.82, 2.24) is 4.90 Å². The molecule has 1 saturated heterocycles. The van der Waals surface area contributed by atoms with Crippen molar-refractivity contribution in [2.45, 2.75) is 57.4 Å². The van der Waals surface area contributed by atoms with Gasteiger partial charge >= 0.3 is 6.09 Å². The topological polar surface area (TPSA) is 49.8 Å². The number of likely N-dealkylation sites (tertiary alicyclic amines) is 1. The van der Waals surface area contributed by atoms with Crippen molar-refractivity contribution in [3.63, 3.8) is 0 Å². The van der Waals surface area contributed by atoms with Crippen LogP contribution in [0.15, 0.2) is 54.6 Å². The molecule has 1 aliphatic heterocycles. The van der Waals surface area contributed by atoms with Crippen LogP contribution in [0, 0.1) is 5.82 Å². The van der Waals surface area contributed by atoms with Crippen molar-refractivity contribution in [3.8, 4) is 0 Å². The van der Waals surface area contributed by atoms with Gasteiger partial charge in [-0.1, -0.05) is 55.8 Å². The first-order valence-corrected chi connectivity index (χ1v) is 9.52. The standard InChI is InChI=1S/C22H26FNO3/c1-2-7-19-12-13-20(21(25)17-10-6-11-18(23)14-17)24(19)22(26)27-15-16-8-4-3-5-9-16/h3-6,8-11,14,19-21,25H,2,7,12-13,15H2,1H3/t19-,20+,21?/m1/s1. The fourth-order valence-electron chi connectivity index (χ4n) is 3.83. The van der Waals surface area contributed by atoms with E-state index in [2.05, 4.69) is 6.92 Å². The first kappa shape index (κ1) is 19.4. The maximum atomic E-state index is 13.6. The van der Waals surface area contributed by atoms with Gasteiger partial charge < -0.3 is 9.84 Å². The number of carbonyl (C=O) groups is 1. The number of aliphatic hydroxyl groups excluding tert-OH is 1. The van der Waals surface area contributed by atoms with Crippen molar-refractivity contribution in [2.75, 3.05) is 0 Å². The molecule has 1 fully saturated rings. The van der Waals surface area contributed by atoms with Crippen LogP contribution in [0.3, 0.4) is 0 Å².